The minimum Gasteiger partial charge on any atom is -0.392 e. The van der Waals surface area contributed by atoms with Gasteiger partial charge in [0.1, 0.15) is 5.56 Å². The van der Waals surface area contributed by atoms with E-state index in [4.69, 9.17) is 9.47 Å². The number of rotatable bonds is 11. The Bertz CT molecular complexity index is 2100. The van der Waals surface area contributed by atoms with Crippen molar-refractivity contribution in [1.29, 1.82) is 0 Å². The molecule has 1 amide bonds. The van der Waals surface area contributed by atoms with Crippen LogP contribution in [0, 0.1) is 35.0 Å². The fraction of sp³-hybridized carbons (Fsp3) is 0.295. The highest BCUT2D eigenvalue weighted by atomic mass is 19.2. The molecule has 12 heteroatoms. The van der Waals surface area contributed by atoms with E-state index < -0.39 is 46.8 Å². The first-order chi connectivity index (χ1) is 27.1. The lowest BCUT2D eigenvalue weighted by molar-refractivity contribution is -0.276. The summed E-state index contributed by atoms with van der Waals surface area (Å²) in [6, 6.07) is 32.7. The normalized spacial score (nSPS) is 20.6. The molecule has 4 unspecified atom stereocenters. The van der Waals surface area contributed by atoms with E-state index in [1.807, 2.05) is 54.6 Å². The molecular formula is C44H42F5N3O4. The van der Waals surface area contributed by atoms with Crippen molar-refractivity contribution in [2.45, 2.75) is 45.1 Å². The van der Waals surface area contributed by atoms with Crippen LogP contribution in [0.1, 0.15) is 57.5 Å². The van der Waals surface area contributed by atoms with Crippen molar-refractivity contribution in [1.82, 2.24) is 15.1 Å². The van der Waals surface area contributed by atoms with Gasteiger partial charge < -0.3 is 19.9 Å². The van der Waals surface area contributed by atoms with Crippen molar-refractivity contribution in [3.63, 3.8) is 0 Å². The van der Waals surface area contributed by atoms with Crippen molar-refractivity contribution in [2.75, 3.05) is 32.7 Å². The van der Waals surface area contributed by atoms with Gasteiger partial charge in [-0.25, -0.2) is 22.0 Å². The van der Waals surface area contributed by atoms with Gasteiger partial charge in [0.05, 0.1) is 18.8 Å². The molecule has 0 aliphatic carbocycles. The van der Waals surface area contributed by atoms with E-state index in [9.17, 15) is 31.9 Å². The van der Waals surface area contributed by atoms with E-state index >= 15 is 0 Å². The largest absolute Gasteiger partial charge is 0.392 e. The second kappa shape index (κ2) is 17.4. The number of aliphatic hydroxyl groups is 1. The monoisotopic (exact) mass is 771 g/mol. The number of ether oxygens (including phenoxy) is 2. The molecule has 2 heterocycles. The van der Waals surface area contributed by atoms with Crippen LogP contribution in [-0.2, 0) is 29.2 Å². The number of carbonyl (C=O) groups excluding carboxylic acids is 1. The second-order valence-corrected chi connectivity index (χ2v) is 14.3. The molecule has 5 aromatic carbocycles. The minimum absolute atomic E-state index is 0.0137. The highest BCUT2D eigenvalue weighted by Crippen LogP contribution is 2.42. The van der Waals surface area contributed by atoms with Gasteiger partial charge >= 0.3 is 0 Å². The summed E-state index contributed by atoms with van der Waals surface area (Å²) in [5.41, 5.74) is 4.31. The molecule has 0 spiro atoms. The summed E-state index contributed by atoms with van der Waals surface area (Å²) in [4.78, 5) is 17.6. The quantitative estimate of drug-likeness (QED) is 0.0805. The third kappa shape index (κ3) is 8.54. The maximum atomic E-state index is 14.3. The molecule has 7 nitrogen and oxygen atoms in total. The number of nitrogens with one attached hydrogen (secondary N) is 1. The van der Waals surface area contributed by atoms with Crippen LogP contribution >= 0.6 is 0 Å². The fourth-order valence-electron chi connectivity index (χ4n) is 7.40. The van der Waals surface area contributed by atoms with Crippen LogP contribution in [0.2, 0.25) is 0 Å². The summed E-state index contributed by atoms with van der Waals surface area (Å²) in [5, 5.41) is 11.9. The molecular weight excluding hydrogens is 729 g/mol. The SMILES string of the molecule is CC1C(CN2CCN(Cc3ccccc3)CC2)OC(c2ccc(-c3ccccc3CNC(=O)c3c(F)c(F)c(F)c(F)c3F)cc2)OC1c1ccc(CO)cc1. The molecule has 4 atom stereocenters. The second-order valence-electron chi connectivity index (χ2n) is 14.3. The van der Waals surface area contributed by atoms with Crippen molar-refractivity contribution in [3.05, 3.63) is 166 Å². The van der Waals surface area contributed by atoms with Crippen LogP contribution in [0.4, 0.5) is 22.0 Å². The summed E-state index contributed by atoms with van der Waals surface area (Å²) in [6.45, 7) is 7.21. The van der Waals surface area contributed by atoms with E-state index in [0.29, 0.717) is 11.1 Å². The molecule has 2 aliphatic heterocycles. The number of piperazine rings is 1. The van der Waals surface area contributed by atoms with Crippen LogP contribution in [0.5, 0.6) is 0 Å². The number of nitrogens with zero attached hydrogens (tertiary/aromatic N) is 2. The Balaban J connectivity index is 1.07. The number of hydrogen-bond acceptors (Lipinski definition) is 6. The first-order valence-corrected chi connectivity index (χ1v) is 18.6. The molecule has 7 rings (SSSR count). The zero-order valence-corrected chi connectivity index (χ0v) is 30.7. The first-order valence-electron chi connectivity index (χ1n) is 18.6. The number of carbonyl (C=O) groups is 1. The minimum atomic E-state index is -2.33. The van der Waals surface area contributed by atoms with Gasteiger partial charge in [0.2, 0.25) is 5.82 Å². The third-order valence-corrected chi connectivity index (χ3v) is 10.7. The lowest BCUT2D eigenvalue weighted by Gasteiger charge is -2.44. The van der Waals surface area contributed by atoms with Gasteiger partial charge in [-0.15, -0.1) is 0 Å². The molecule has 2 aliphatic rings. The van der Waals surface area contributed by atoms with Crippen LogP contribution in [0.25, 0.3) is 11.1 Å². The van der Waals surface area contributed by atoms with Gasteiger partial charge in [0.25, 0.3) is 5.91 Å². The lowest BCUT2D eigenvalue weighted by Crippen LogP contribution is -2.51. The number of amides is 1. The van der Waals surface area contributed by atoms with Crippen molar-refractivity contribution >= 4 is 5.91 Å². The molecule has 2 fully saturated rings. The molecule has 56 heavy (non-hydrogen) atoms. The Morgan fingerprint density at radius 1 is 0.696 bits per heavy atom. The van der Waals surface area contributed by atoms with E-state index in [0.717, 1.165) is 61.5 Å². The Morgan fingerprint density at radius 2 is 1.29 bits per heavy atom. The zero-order valence-electron chi connectivity index (χ0n) is 30.7. The van der Waals surface area contributed by atoms with Crippen LogP contribution < -0.4 is 5.32 Å². The third-order valence-electron chi connectivity index (χ3n) is 10.7. The number of aliphatic hydroxyl groups excluding tert-OH is 1. The molecule has 0 radical (unpaired) electrons. The van der Waals surface area contributed by atoms with E-state index in [-0.39, 0.29) is 31.3 Å². The van der Waals surface area contributed by atoms with Crippen LogP contribution in [-0.4, -0.2) is 59.6 Å². The van der Waals surface area contributed by atoms with E-state index in [1.165, 1.54) is 5.56 Å². The van der Waals surface area contributed by atoms with E-state index in [2.05, 4.69) is 46.3 Å². The molecule has 0 aromatic heterocycles. The van der Waals surface area contributed by atoms with Crippen LogP contribution in [0.3, 0.4) is 0 Å². The molecule has 0 saturated carbocycles. The van der Waals surface area contributed by atoms with Gasteiger partial charge in [-0.1, -0.05) is 110 Å². The molecule has 5 aromatic rings. The number of halogens is 5. The molecule has 0 bridgehead atoms. The molecule has 2 N–H and O–H groups in total. The lowest BCUT2D eigenvalue weighted by atomic mass is 9.89. The Labute approximate surface area is 322 Å². The summed E-state index contributed by atoms with van der Waals surface area (Å²) < 4.78 is 83.0. The molecule has 292 valence electrons. The zero-order chi connectivity index (χ0) is 39.3. The van der Waals surface area contributed by atoms with Gasteiger partial charge in [0.15, 0.2) is 29.6 Å². The van der Waals surface area contributed by atoms with Crippen molar-refractivity contribution < 1.29 is 41.3 Å². The maximum absolute atomic E-state index is 14.3. The van der Waals surface area contributed by atoms with E-state index in [1.54, 1.807) is 24.3 Å². The average Bonchev–Trinajstić information content (AvgIpc) is 3.23. The number of hydrogen-bond donors (Lipinski definition) is 2. The van der Waals surface area contributed by atoms with Crippen LogP contribution in [0.15, 0.2) is 103 Å². The fourth-order valence-corrected chi connectivity index (χ4v) is 7.40. The average molecular weight is 772 g/mol. The van der Waals surface area contributed by atoms with Gasteiger partial charge in [-0.3, -0.25) is 14.6 Å². The predicted molar refractivity (Wildman–Crippen MR) is 200 cm³/mol. The number of benzene rings is 5. The van der Waals surface area contributed by atoms with Gasteiger partial charge in [-0.2, -0.15) is 0 Å². The first kappa shape index (κ1) is 39.3. The smallest absolute Gasteiger partial charge is 0.257 e. The highest BCUT2D eigenvalue weighted by molar-refractivity contribution is 5.95. The Kier molecular flexibility index (Phi) is 12.2. The summed E-state index contributed by atoms with van der Waals surface area (Å²) in [6.07, 6.45) is -1.13. The topological polar surface area (TPSA) is 74.3 Å². The van der Waals surface area contributed by atoms with Gasteiger partial charge in [0, 0.05) is 57.3 Å². The standard InChI is InChI=1S/C44H42F5N3O4/c1-27-35(25-52-21-19-51(20-22-52)24-28-7-3-2-4-8-28)55-44(56-42(27)31-13-11-29(26-53)12-14-31)32-17-15-30(16-18-32)34-10-6-5-9-33(34)23-50-43(54)36-37(45)39(47)41(49)40(48)38(36)46/h2-18,27,35,42,44,53H,19-26H2,1H3,(H,50,54). The summed E-state index contributed by atoms with van der Waals surface area (Å²) >= 11 is 0. The summed E-state index contributed by atoms with van der Waals surface area (Å²) in [7, 11) is 0. The Hall–Kier alpha value is -4.98. The summed E-state index contributed by atoms with van der Waals surface area (Å²) in [5.74, 6) is -12.5. The Morgan fingerprint density at radius 3 is 1.95 bits per heavy atom. The highest BCUT2D eigenvalue weighted by Gasteiger charge is 2.39. The van der Waals surface area contributed by atoms with Gasteiger partial charge in [-0.05, 0) is 33.4 Å². The molecule has 2 saturated heterocycles. The maximum Gasteiger partial charge on any atom is 0.257 e. The van der Waals surface area contributed by atoms with Crippen molar-refractivity contribution in [2.24, 2.45) is 5.92 Å². The predicted octanol–water partition coefficient (Wildman–Crippen LogP) is 8.08. The van der Waals surface area contributed by atoms with Crippen molar-refractivity contribution in [3.8, 4) is 11.1 Å².